The number of likely N-dealkylation sites (N-methyl/N-ethyl adjacent to an activating group) is 1. The van der Waals surface area contributed by atoms with E-state index < -0.39 is 0 Å². The molecule has 1 fully saturated rings. The van der Waals surface area contributed by atoms with Crippen molar-refractivity contribution in [1.29, 1.82) is 0 Å². The van der Waals surface area contributed by atoms with Crippen LogP contribution in [-0.2, 0) is 11.2 Å². The van der Waals surface area contributed by atoms with Crippen LogP contribution >= 0.6 is 10.5 Å². The standard InChI is InChI=1S/C21H24N2OS/c1-22-15-25(21-10-6-5-9-20(21)22)14-18(24)13-17-12-11-16-7-3-4-8-19(16)23(17)2/h3-8,10,13-14,20H,9,11-12,15H2,1-2H3. The van der Waals surface area contributed by atoms with Gasteiger partial charge in [0.05, 0.1) is 0 Å². The van der Waals surface area contributed by atoms with Gasteiger partial charge in [-0.25, -0.2) is 0 Å². The van der Waals surface area contributed by atoms with Crippen molar-refractivity contribution in [3.8, 4) is 0 Å². The Hall–Kier alpha value is -1.91. The van der Waals surface area contributed by atoms with Crippen LogP contribution in [0.25, 0.3) is 0 Å². The zero-order valence-electron chi connectivity index (χ0n) is 14.8. The van der Waals surface area contributed by atoms with E-state index in [-0.39, 0.29) is 16.3 Å². The lowest BCUT2D eigenvalue weighted by Gasteiger charge is -2.30. The summed E-state index contributed by atoms with van der Waals surface area (Å²) in [5.74, 6) is 1.11. The molecule has 2 atom stereocenters. The second-order valence-corrected chi connectivity index (χ2v) is 8.73. The van der Waals surface area contributed by atoms with Crippen LogP contribution in [0.2, 0.25) is 0 Å². The Morgan fingerprint density at radius 2 is 2.08 bits per heavy atom. The Bertz CT molecular complexity index is 834. The molecule has 0 amide bonds. The van der Waals surface area contributed by atoms with E-state index in [2.05, 4.69) is 66.4 Å². The first-order chi connectivity index (χ1) is 12.1. The van der Waals surface area contributed by atoms with Crippen LogP contribution in [-0.4, -0.2) is 42.1 Å². The molecular formula is C21H24N2OS. The zero-order valence-corrected chi connectivity index (χ0v) is 15.6. The molecule has 0 bridgehead atoms. The van der Waals surface area contributed by atoms with E-state index in [0.29, 0.717) is 6.04 Å². The molecule has 0 aromatic heterocycles. The normalized spacial score (nSPS) is 27.4. The summed E-state index contributed by atoms with van der Waals surface area (Å²) >= 11 is 0. The molecule has 0 spiro atoms. The van der Waals surface area contributed by atoms with E-state index in [9.17, 15) is 4.79 Å². The highest BCUT2D eigenvalue weighted by atomic mass is 32.2. The van der Waals surface area contributed by atoms with E-state index in [4.69, 9.17) is 0 Å². The zero-order chi connectivity index (χ0) is 17.4. The first-order valence-corrected chi connectivity index (χ1v) is 10.3. The van der Waals surface area contributed by atoms with Crippen LogP contribution in [0.1, 0.15) is 18.4 Å². The summed E-state index contributed by atoms with van der Waals surface area (Å²) in [5, 5.41) is 1.95. The first kappa shape index (κ1) is 16.6. The number of hydrogen-bond donors (Lipinski definition) is 0. The van der Waals surface area contributed by atoms with Crippen molar-refractivity contribution in [1.82, 2.24) is 4.90 Å². The van der Waals surface area contributed by atoms with Gasteiger partial charge >= 0.3 is 0 Å². The van der Waals surface area contributed by atoms with Crippen molar-refractivity contribution >= 4 is 27.3 Å². The number of benzene rings is 1. The molecule has 3 nitrogen and oxygen atoms in total. The first-order valence-electron chi connectivity index (χ1n) is 8.81. The Kier molecular flexibility index (Phi) is 4.48. The number of rotatable bonds is 2. The Labute approximate surface area is 152 Å². The molecule has 2 aliphatic heterocycles. The predicted octanol–water partition coefficient (Wildman–Crippen LogP) is 3.71. The number of anilines is 1. The fourth-order valence-corrected chi connectivity index (χ4v) is 6.09. The number of aryl methyl sites for hydroxylation is 1. The van der Waals surface area contributed by atoms with Gasteiger partial charge in [0.15, 0.2) is 5.78 Å². The number of fused-ring (bicyclic) bond motifs is 2. The largest absolute Gasteiger partial charge is 0.348 e. The van der Waals surface area contributed by atoms with Gasteiger partial charge in [-0.15, -0.1) is 10.5 Å². The maximum atomic E-state index is 12.7. The van der Waals surface area contributed by atoms with Crippen molar-refractivity contribution < 1.29 is 4.79 Å². The minimum Gasteiger partial charge on any atom is -0.348 e. The quantitative estimate of drug-likeness (QED) is 0.599. The van der Waals surface area contributed by atoms with Gasteiger partial charge in [0.1, 0.15) is 0 Å². The van der Waals surface area contributed by atoms with Crippen molar-refractivity contribution in [2.45, 2.75) is 25.3 Å². The highest BCUT2D eigenvalue weighted by Gasteiger charge is 2.30. The summed E-state index contributed by atoms with van der Waals surface area (Å²) in [5.41, 5.74) is 3.70. The van der Waals surface area contributed by atoms with Crippen LogP contribution < -0.4 is 4.90 Å². The molecule has 1 aromatic carbocycles. The summed E-state index contributed by atoms with van der Waals surface area (Å²) in [7, 11) is 4.16. The highest BCUT2D eigenvalue weighted by molar-refractivity contribution is 8.19. The molecule has 25 heavy (non-hydrogen) atoms. The van der Waals surface area contributed by atoms with Gasteiger partial charge in [0.25, 0.3) is 0 Å². The van der Waals surface area contributed by atoms with E-state index in [0.717, 1.165) is 30.8 Å². The third-order valence-corrected chi connectivity index (χ3v) is 7.48. The van der Waals surface area contributed by atoms with Crippen LogP contribution in [0.5, 0.6) is 0 Å². The van der Waals surface area contributed by atoms with E-state index in [1.54, 1.807) is 0 Å². The minimum absolute atomic E-state index is 0.0666. The molecule has 1 aromatic rings. The van der Waals surface area contributed by atoms with Crippen LogP contribution in [0, 0.1) is 0 Å². The van der Waals surface area contributed by atoms with Crippen molar-refractivity contribution in [3.05, 3.63) is 64.7 Å². The van der Waals surface area contributed by atoms with Crippen molar-refractivity contribution in [3.63, 3.8) is 0 Å². The molecule has 130 valence electrons. The third kappa shape index (κ3) is 3.16. The molecule has 4 heteroatoms. The summed E-state index contributed by atoms with van der Waals surface area (Å²) in [6, 6.07) is 8.93. The van der Waals surface area contributed by atoms with Gasteiger partial charge in [-0.1, -0.05) is 36.4 Å². The fourth-order valence-electron chi connectivity index (χ4n) is 3.89. The lowest BCUT2D eigenvalue weighted by atomic mass is 9.99. The van der Waals surface area contributed by atoms with Gasteiger partial charge < -0.3 is 4.90 Å². The number of para-hydroxylation sites is 1. The molecule has 2 unspecified atom stereocenters. The van der Waals surface area contributed by atoms with Crippen LogP contribution in [0.4, 0.5) is 5.69 Å². The number of carbonyl (C=O) groups excluding carboxylic acids is 1. The van der Waals surface area contributed by atoms with Crippen molar-refractivity contribution in [2.75, 3.05) is 24.9 Å². The van der Waals surface area contributed by atoms with E-state index in [1.165, 1.54) is 16.2 Å². The molecule has 2 heterocycles. The number of hydrogen-bond acceptors (Lipinski definition) is 3. The maximum Gasteiger partial charge on any atom is 0.186 e. The van der Waals surface area contributed by atoms with Gasteiger partial charge in [-0.2, -0.15) is 0 Å². The summed E-state index contributed by atoms with van der Waals surface area (Å²) in [4.78, 5) is 18.6. The third-order valence-electron chi connectivity index (χ3n) is 5.26. The molecule has 0 radical (unpaired) electrons. The molecule has 1 aliphatic carbocycles. The second kappa shape index (κ2) is 6.77. The average molecular weight is 353 g/mol. The highest BCUT2D eigenvalue weighted by Crippen LogP contribution is 2.41. The topological polar surface area (TPSA) is 23.6 Å². The van der Waals surface area contributed by atoms with Gasteiger partial charge in [0, 0.05) is 41.8 Å². The molecule has 4 rings (SSSR count). The van der Waals surface area contributed by atoms with Gasteiger partial charge in [-0.3, -0.25) is 9.69 Å². The summed E-state index contributed by atoms with van der Waals surface area (Å²) in [6.07, 6.45) is 11.4. The summed E-state index contributed by atoms with van der Waals surface area (Å²) in [6.45, 7) is 0. The van der Waals surface area contributed by atoms with E-state index >= 15 is 0 Å². The molecule has 1 saturated heterocycles. The number of ketones is 1. The summed E-state index contributed by atoms with van der Waals surface area (Å²) < 4.78 is 0. The number of nitrogens with zero attached hydrogens (tertiary/aromatic N) is 2. The Balaban J connectivity index is 1.57. The number of allylic oxidation sites excluding steroid dienone is 4. The molecular weight excluding hydrogens is 328 g/mol. The molecule has 3 aliphatic rings. The van der Waals surface area contributed by atoms with E-state index in [1.807, 2.05) is 11.4 Å². The SMILES string of the molecule is CN1C(=CC(=O)C=S2CN(C)C3CC=CC=C32)CCc2ccccc21. The number of carbonyl (C=O) groups is 1. The Morgan fingerprint density at radius 3 is 2.96 bits per heavy atom. The minimum atomic E-state index is -0.0666. The fraction of sp³-hybridized carbons (Fsp3) is 0.333. The second-order valence-electron chi connectivity index (χ2n) is 6.91. The molecule has 0 N–H and O–H groups in total. The maximum absolute atomic E-state index is 12.7. The lowest BCUT2D eigenvalue weighted by molar-refractivity contribution is -0.108. The van der Waals surface area contributed by atoms with Gasteiger partial charge in [-0.05, 0) is 42.8 Å². The van der Waals surface area contributed by atoms with Gasteiger partial charge in [0.2, 0.25) is 0 Å². The average Bonchev–Trinajstić information content (AvgIpc) is 2.94. The predicted molar refractivity (Wildman–Crippen MR) is 108 cm³/mol. The van der Waals surface area contributed by atoms with Crippen LogP contribution in [0.3, 0.4) is 0 Å². The molecule has 0 saturated carbocycles. The van der Waals surface area contributed by atoms with Crippen molar-refractivity contribution in [2.24, 2.45) is 0 Å². The lowest BCUT2D eigenvalue weighted by Crippen LogP contribution is -2.25. The monoisotopic (exact) mass is 352 g/mol. The van der Waals surface area contributed by atoms with Crippen LogP contribution in [0.15, 0.2) is 59.2 Å². The smallest absolute Gasteiger partial charge is 0.186 e. The Morgan fingerprint density at radius 1 is 1.24 bits per heavy atom.